The average molecular weight is 242 g/mol. The molecule has 0 spiro atoms. The fourth-order valence-electron chi connectivity index (χ4n) is 2.10. The highest BCUT2D eigenvalue weighted by atomic mass is 35.5. The second-order valence-electron chi connectivity index (χ2n) is 4.44. The maximum absolute atomic E-state index is 9.30. The van der Waals surface area contributed by atoms with E-state index in [1.54, 1.807) is 6.07 Å². The monoisotopic (exact) mass is 241 g/mol. The molecule has 2 rings (SSSR count). The van der Waals surface area contributed by atoms with Crippen molar-refractivity contribution in [2.45, 2.75) is 38.8 Å². The van der Waals surface area contributed by atoms with Crippen LogP contribution in [-0.4, -0.2) is 11.1 Å². The molecule has 0 heterocycles. The van der Waals surface area contributed by atoms with E-state index in [1.165, 1.54) is 19.3 Å². The Labute approximate surface area is 103 Å². The summed E-state index contributed by atoms with van der Waals surface area (Å²) < 4.78 is 0. The van der Waals surface area contributed by atoms with E-state index in [4.69, 9.17) is 0 Å². The molecule has 1 aromatic carbocycles. The maximum Gasteiger partial charge on any atom is 0.115 e. The molecule has 2 atom stereocenters. The number of benzene rings is 1. The first-order valence-electron chi connectivity index (χ1n) is 5.81. The highest BCUT2D eigenvalue weighted by Crippen LogP contribution is 2.34. The van der Waals surface area contributed by atoms with E-state index in [-0.39, 0.29) is 12.4 Å². The number of hydrogen-bond acceptors (Lipinski definition) is 2. The summed E-state index contributed by atoms with van der Waals surface area (Å²) in [5.74, 6) is 1.25. The quantitative estimate of drug-likeness (QED) is 0.831. The van der Waals surface area contributed by atoms with Crippen molar-refractivity contribution in [1.82, 2.24) is 5.32 Å². The Hall–Kier alpha value is -0.730. The van der Waals surface area contributed by atoms with Gasteiger partial charge in [-0.25, -0.2) is 0 Å². The van der Waals surface area contributed by atoms with Gasteiger partial charge in [-0.05, 0) is 36.5 Å². The second-order valence-corrected chi connectivity index (χ2v) is 4.44. The van der Waals surface area contributed by atoms with Crippen LogP contribution in [0.25, 0.3) is 0 Å². The first kappa shape index (κ1) is 13.3. The van der Waals surface area contributed by atoms with Gasteiger partial charge in [0.2, 0.25) is 0 Å². The van der Waals surface area contributed by atoms with Gasteiger partial charge >= 0.3 is 0 Å². The summed E-state index contributed by atoms with van der Waals surface area (Å²) in [5, 5.41) is 12.8. The minimum atomic E-state index is 0. The van der Waals surface area contributed by atoms with Crippen LogP contribution >= 0.6 is 12.4 Å². The van der Waals surface area contributed by atoms with Crippen LogP contribution in [0, 0.1) is 5.92 Å². The molecule has 1 saturated carbocycles. The summed E-state index contributed by atoms with van der Waals surface area (Å²) >= 11 is 0. The van der Waals surface area contributed by atoms with E-state index < -0.39 is 0 Å². The minimum absolute atomic E-state index is 0. The molecule has 0 bridgehead atoms. The van der Waals surface area contributed by atoms with Gasteiger partial charge in [0, 0.05) is 12.6 Å². The van der Waals surface area contributed by atoms with Crippen LogP contribution in [0.4, 0.5) is 0 Å². The molecule has 16 heavy (non-hydrogen) atoms. The molecule has 0 saturated heterocycles. The largest absolute Gasteiger partial charge is 0.508 e. The van der Waals surface area contributed by atoms with Crippen molar-refractivity contribution in [2.75, 3.05) is 0 Å². The van der Waals surface area contributed by atoms with Gasteiger partial charge in [-0.3, -0.25) is 0 Å². The Bertz CT molecular complexity index is 329. The predicted octanol–water partition coefficient (Wildman–Crippen LogP) is 3.09. The van der Waals surface area contributed by atoms with Gasteiger partial charge in [0.15, 0.2) is 0 Å². The normalized spacial score (nSPS) is 22.6. The maximum atomic E-state index is 9.30. The van der Waals surface area contributed by atoms with Crippen molar-refractivity contribution in [2.24, 2.45) is 5.92 Å². The van der Waals surface area contributed by atoms with Gasteiger partial charge in [0.05, 0.1) is 0 Å². The summed E-state index contributed by atoms with van der Waals surface area (Å²) in [7, 11) is 0. The molecule has 90 valence electrons. The Morgan fingerprint density at radius 2 is 2.25 bits per heavy atom. The third-order valence-corrected chi connectivity index (χ3v) is 3.06. The smallest absolute Gasteiger partial charge is 0.115 e. The van der Waals surface area contributed by atoms with E-state index in [0.29, 0.717) is 11.8 Å². The third-order valence-electron chi connectivity index (χ3n) is 3.06. The van der Waals surface area contributed by atoms with Gasteiger partial charge in [0.1, 0.15) is 5.75 Å². The zero-order valence-corrected chi connectivity index (χ0v) is 10.5. The molecule has 1 aliphatic rings. The number of aromatic hydroxyl groups is 1. The van der Waals surface area contributed by atoms with Crippen LogP contribution in [0.15, 0.2) is 24.3 Å². The molecule has 2 unspecified atom stereocenters. The van der Waals surface area contributed by atoms with Crippen LogP contribution in [0.2, 0.25) is 0 Å². The lowest BCUT2D eigenvalue weighted by atomic mass is 10.2. The van der Waals surface area contributed by atoms with Crippen molar-refractivity contribution in [1.29, 1.82) is 0 Å². The van der Waals surface area contributed by atoms with Crippen LogP contribution in [0.5, 0.6) is 5.75 Å². The number of halogens is 1. The zero-order chi connectivity index (χ0) is 10.7. The van der Waals surface area contributed by atoms with E-state index in [2.05, 4.69) is 12.2 Å². The summed E-state index contributed by atoms with van der Waals surface area (Å²) in [6, 6.07) is 8.18. The predicted molar refractivity (Wildman–Crippen MR) is 69.0 cm³/mol. The first-order chi connectivity index (χ1) is 7.29. The van der Waals surface area contributed by atoms with E-state index >= 15 is 0 Å². The first-order valence-corrected chi connectivity index (χ1v) is 5.81. The van der Waals surface area contributed by atoms with Crippen LogP contribution in [0.3, 0.4) is 0 Å². The number of nitrogens with one attached hydrogen (secondary N) is 1. The van der Waals surface area contributed by atoms with E-state index in [9.17, 15) is 5.11 Å². The highest BCUT2D eigenvalue weighted by Gasteiger charge is 2.35. The number of hydrogen-bond donors (Lipinski definition) is 2. The zero-order valence-electron chi connectivity index (χ0n) is 9.65. The average Bonchev–Trinajstić information content (AvgIpc) is 2.95. The summed E-state index contributed by atoms with van der Waals surface area (Å²) in [4.78, 5) is 0. The second kappa shape index (κ2) is 6.12. The minimum Gasteiger partial charge on any atom is -0.508 e. The van der Waals surface area contributed by atoms with Crippen molar-refractivity contribution in [3.05, 3.63) is 29.8 Å². The van der Waals surface area contributed by atoms with Crippen molar-refractivity contribution in [3.63, 3.8) is 0 Å². The summed E-state index contributed by atoms with van der Waals surface area (Å²) in [6.07, 6.45) is 3.96. The van der Waals surface area contributed by atoms with E-state index in [1.807, 2.05) is 18.2 Å². The third kappa shape index (κ3) is 3.69. The van der Waals surface area contributed by atoms with Crippen LogP contribution in [-0.2, 0) is 6.54 Å². The van der Waals surface area contributed by atoms with E-state index in [0.717, 1.165) is 18.0 Å². The van der Waals surface area contributed by atoms with Crippen LogP contribution in [0.1, 0.15) is 31.7 Å². The molecular formula is C13H20ClNO. The van der Waals surface area contributed by atoms with Gasteiger partial charge in [0.25, 0.3) is 0 Å². The molecule has 1 fully saturated rings. The lowest BCUT2D eigenvalue weighted by Crippen LogP contribution is -2.17. The number of phenolic OH excluding ortho intramolecular Hbond substituents is 1. The molecule has 1 aliphatic carbocycles. The van der Waals surface area contributed by atoms with Gasteiger partial charge < -0.3 is 10.4 Å². The van der Waals surface area contributed by atoms with Gasteiger partial charge in [-0.15, -0.1) is 12.4 Å². The molecule has 0 amide bonds. The Morgan fingerprint density at radius 1 is 1.44 bits per heavy atom. The van der Waals surface area contributed by atoms with Crippen molar-refractivity contribution >= 4 is 12.4 Å². The SMILES string of the molecule is CCCC1CC1NCc1cccc(O)c1.Cl. The Balaban J connectivity index is 0.00000128. The molecule has 2 nitrogen and oxygen atoms in total. The molecule has 0 radical (unpaired) electrons. The standard InChI is InChI=1S/C13H19NO.ClH/c1-2-4-11-8-13(11)14-9-10-5-3-6-12(15)7-10;/h3,5-7,11,13-15H,2,4,8-9H2,1H3;1H. The molecular weight excluding hydrogens is 222 g/mol. The Morgan fingerprint density at radius 3 is 2.94 bits per heavy atom. The number of phenols is 1. The van der Waals surface area contributed by atoms with Crippen molar-refractivity contribution < 1.29 is 5.11 Å². The fourth-order valence-corrected chi connectivity index (χ4v) is 2.10. The summed E-state index contributed by atoms with van der Waals surface area (Å²) in [6.45, 7) is 3.11. The lowest BCUT2D eigenvalue weighted by molar-refractivity contribution is 0.474. The van der Waals surface area contributed by atoms with Gasteiger partial charge in [-0.1, -0.05) is 25.5 Å². The van der Waals surface area contributed by atoms with Crippen molar-refractivity contribution in [3.8, 4) is 5.75 Å². The molecule has 0 aliphatic heterocycles. The fraction of sp³-hybridized carbons (Fsp3) is 0.538. The summed E-state index contributed by atoms with van der Waals surface area (Å²) in [5.41, 5.74) is 1.16. The van der Waals surface area contributed by atoms with Gasteiger partial charge in [-0.2, -0.15) is 0 Å². The molecule has 0 aromatic heterocycles. The van der Waals surface area contributed by atoms with Crippen LogP contribution < -0.4 is 5.32 Å². The lowest BCUT2D eigenvalue weighted by Gasteiger charge is -2.04. The highest BCUT2D eigenvalue weighted by molar-refractivity contribution is 5.85. The molecule has 1 aromatic rings. The Kier molecular flexibility index (Phi) is 5.10. The number of rotatable bonds is 5. The topological polar surface area (TPSA) is 32.3 Å². The molecule has 3 heteroatoms. The molecule has 2 N–H and O–H groups in total.